The number of rotatable bonds is 5. The van der Waals surface area contributed by atoms with Crippen molar-refractivity contribution >= 4 is 35.0 Å². The number of aromatic nitrogens is 1. The topological polar surface area (TPSA) is 147 Å². The van der Waals surface area contributed by atoms with Crippen molar-refractivity contribution in [2.24, 2.45) is 5.73 Å². The molecule has 3 heterocycles. The molecule has 0 spiro atoms. The van der Waals surface area contributed by atoms with Crippen LogP contribution in [-0.2, 0) is 32.1 Å². The van der Waals surface area contributed by atoms with Crippen LogP contribution < -0.4 is 16.4 Å². The SMILES string of the molecule is CN1CCN(C(=O)[C@H](CNC(=O)C(N)=O)NC(=O)c2nc3c(s2)COCC3)CC1. The lowest BCUT2D eigenvalue weighted by atomic mass is 10.2. The van der Waals surface area contributed by atoms with Gasteiger partial charge in [-0.3, -0.25) is 19.2 Å². The van der Waals surface area contributed by atoms with E-state index in [9.17, 15) is 19.2 Å². The molecule has 1 aromatic rings. The van der Waals surface area contributed by atoms with Gasteiger partial charge in [-0.1, -0.05) is 0 Å². The van der Waals surface area contributed by atoms with E-state index in [0.29, 0.717) is 45.8 Å². The second kappa shape index (κ2) is 9.29. The van der Waals surface area contributed by atoms with Crippen molar-refractivity contribution in [1.29, 1.82) is 0 Å². The molecule has 11 nitrogen and oxygen atoms in total. The van der Waals surface area contributed by atoms with Crippen molar-refractivity contribution in [3.63, 3.8) is 0 Å². The molecule has 2 aliphatic rings. The third-order valence-corrected chi connectivity index (χ3v) is 5.87. The Morgan fingerprint density at radius 3 is 2.62 bits per heavy atom. The first-order chi connectivity index (χ1) is 13.8. The number of carbonyl (C=O) groups excluding carboxylic acids is 4. The minimum absolute atomic E-state index is 0.234. The predicted octanol–water partition coefficient (Wildman–Crippen LogP) is -2.31. The first kappa shape index (κ1) is 21.1. The Hall–Kier alpha value is -2.57. The van der Waals surface area contributed by atoms with Gasteiger partial charge in [-0.2, -0.15) is 0 Å². The number of nitrogens with zero attached hydrogens (tertiary/aromatic N) is 3. The number of ether oxygens (including phenoxy) is 1. The van der Waals surface area contributed by atoms with Gasteiger partial charge in [0, 0.05) is 39.1 Å². The largest absolute Gasteiger partial charge is 0.375 e. The van der Waals surface area contributed by atoms with Crippen LogP contribution in [0.15, 0.2) is 0 Å². The van der Waals surface area contributed by atoms with Crippen LogP contribution in [0.2, 0.25) is 0 Å². The normalized spacial score (nSPS) is 17.9. The Balaban J connectivity index is 1.70. The van der Waals surface area contributed by atoms with Gasteiger partial charge < -0.3 is 30.9 Å². The maximum atomic E-state index is 12.9. The number of thiazole rings is 1. The lowest BCUT2D eigenvalue weighted by molar-refractivity contribution is -0.138. The molecular formula is C17H24N6O5S. The molecule has 12 heteroatoms. The van der Waals surface area contributed by atoms with E-state index < -0.39 is 23.8 Å². The Labute approximate surface area is 171 Å². The van der Waals surface area contributed by atoms with Gasteiger partial charge in [0.05, 0.1) is 23.8 Å². The number of hydrogen-bond acceptors (Lipinski definition) is 8. The molecule has 29 heavy (non-hydrogen) atoms. The highest BCUT2D eigenvalue weighted by atomic mass is 32.1. The number of amides is 4. The molecule has 0 radical (unpaired) electrons. The molecule has 2 aliphatic heterocycles. The summed E-state index contributed by atoms with van der Waals surface area (Å²) in [5.41, 5.74) is 5.77. The molecular weight excluding hydrogens is 400 g/mol. The molecule has 1 saturated heterocycles. The van der Waals surface area contributed by atoms with Crippen molar-refractivity contribution in [3.05, 3.63) is 15.6 Å². The average Bonchev–Trinajstić information content (AvgIpc) is 3.15. The summed E-state index contributed by atoms with van der Waals surface area (Å²) in [4.78, 5) is 57.1. The number of piperazine rings is 1. The van der Waals surface area contributed by atoms with Crippen LogP contribution in [0.5, 0.6) is 0 Å². The van der Waals surface area contributed by atoms with Crippen LogP contribution in [-0.4, -0.2) is 90.8 Å². The molecule has 4 amide bonds. The average molecular weight is 424 g/mol. The molecule has 1 aromatic heterocycles. The standard InChI is InChI=1S/C17H24N6O5S/c1-22-3-5-23(6-4-22)17(27)11(8-19-14(25)13(18)24)20-15(26)16-21-10-2-7-28-9-12(10)29-16/h11H,2-9H2,1H3,(H2,18,24)(H,19,25)(H,20,26)/t11-/m0/s1. The summed E-state index contributed by atoms with van der Waals surface area (Å²) in [5.74, 6) is -3.02. The van der Waals surface area contributed by atoms with Crippen LogP contribution in [0, 0.1) is 0 Å². The van der Waals surface area contributed by atoms with E-state index in [-0.39, 0.29) is 17.5 Å². The molecule has 3 rings (SSSR count). The first-order valence-corrected chi connectivity index (χ1v) is 10.1. The zero-order chi connectivity index (χ0) is 21.0. The van der Waals surface area contributed by atoms with Gasteiger partial charge in [0.15, 0.2) is 5.01 Å². The second-order valence-electron chi connectivity index (χ2n) is 6.92. The van der Waals surface area contributed by atoms with Crippen molar-refractivity contribution in [3.8, 4) is 0 Å². The monoisotopic (exact) mass is 424 g/mol. The fourth-order valence-corrected chi connectivity index (χ4v) is 4.02. The van der Waals surface area contributed by atoms with E-state index in [1.54, 1.807) is 4.90 Å². The van der Waals surface area contributed by atoms with Crippen molar-refractivity contribution in [2.45, 2.75) is 19.1 Å². The summed E-state index contributed by atoms with van der Waals surface area (Å²) in [5, 5.41) is 5.17. The van der Waals surface area contributed by atoms with Gasteiger partial charge in [0.2, 0.25) is 5.91 Å². The number of likely N-dealkylation sites (N-methyl/N-ethyl adjacent to an activating group) is 1. The van der Waals surface area contributed by atoms with E-state index in [1.807, 2.05) is 7.05 Å². The summed E-state index contributed by atoms with van der Waals surface area (Å²) < 4.78 is 5.37. The highest BCUT2D eigenvalue weighted by Crippen LogP contribution is 2.23. The van der Waals surface area contributed by atoms with E-state index in [1.165, 1.54) is 11.3 Å². The Kier molecular flexibility index (Phi) is 6.77. The highest BCUT2D eigenvalue weighted by Gasteiger charge is 2.30. The molecule has 1 fully saturated rings. The predicted molar refractivity (Wildman–Crippen MR) is 103 cm³/mol. The van der Waals surface area contributed by atoms with Crippen LogP contribution in [0.1, 0.15) is 20.4 Å². The molecule has 0 aliphatic carbocycles. The van der Waals surface area contributed by atoms with Gasteiger partial charge in [-0.15, -0.1) is 11.3 Å². The zero-order valence-corrected chi connectivity index (χ0v) is 16.9. The lowest BCUT2D eigenvalue weighted by Gasteiger charge is -2.34. The van der Waals surface area contributed by atoms with Crippen molar-refractivity contribution in [1.82, 2.24) is 25.4 Å². The van der Waals surface area contributed by atoms with Crippen molar-refractivity contribution in [2.75, 3.05) is 46.4 Å². The minimum Gasteiger partial charge on any atom is -0.375 e. The van der Waals surface area contributed by atoms with Gasteiger partial charge >= 0.3 is 11.8 Å². The maximum Gasteiger partial charge on any atom is 0.309 e. The Morgan fingerprint density at radius 1 is 1.24 bits per heavy atom. The molecule has 4 N–H and O–H groups in total. The van der Waals surface area contributed by atoms with E-state index in [2.05, 4.69) is 20.5 Å². The lowest BCUT2D eigenvalue weighted by Crippen LogP contribution is -2.58. The molecule has 0 bridgehead atoms. The third kappa shape index (κ3) is 5.28. The fraction of sp³-hybridized carbons (Fsp3) is 0.588. The van der Waals surface area contributed by atoms with Gasteiger partial charge in [0.25, 0.3) is 5.91 Å². The smallest absolute Gasteiger partial charge is 0.309 e. The van der Waals surface area contributed by atoms with Crippen LogP contribution >= 0.6 is 11.3 Å². The number of nitrogens with two attached hydrogens (primary N) is 1. The van der Waals surface area contributed by atoms with E-state index >= 15 is 0 Å². The summed E-state index contributed by atoms with van der Waals surface area (Å²) in [6, 6.07) is -1.04. The zero-order valence-electron chi connectivity index (χ0n) is 16.1. The summed E-state index contributed by atoms with van der Waals surface area (Å²) in [7, 11) is 1.96. The molecule has 0 unspecified atom stereocenters. The van der Waals surface area contributed by atoms with E-state index in [4.69, 9.17) is 10.5 Å². The number of hydrogen-bond donors (Lipinski definition) is 3. The highest BCUT2D eigenvalue weighted by molar-refractivity contribution is 7.13. The second-order valence-corrected chi connectivity index (χ2v) is 8.00. The summed E-state index contributed by atoms with van der Waals surface area (Å²) in [6.45, 7) is 3.16. The molecule has 0 aromatic carbocycles. The maximum absolute atomic E-state index is 12.9. The number of fused-ring (bicyclic) bond motifs is 1. The minimum atomic E-state index is -1.16. The molecule has 158 valence electrons. The first-order valence-electron chi connectivity index (χ1n) is 9.27. The van der Waals surface area contributed by atoms with Crippen LogP contribution in [0.3, 0.4) is 0 Å². The Morgan fingerprint density at radius 2 is 1.97 bits per heavy atom. The van der Waals surface area contributed by atoms with Crippen LogP contribution in [0.25, 0.3) is 0 Å². The quantitative estimate of drug-likeness (QED) is 0.450. The third-order valence-electron chi connectivity index (χ3n) is 4.80. The number of nitrogens with one attached hydrogen (secondary N) is 2. The molecule has 1 atom stereocenters. The molecule has 0 saturated carbocycles. The van der Waals surface area contributed by atoms with E-state index in [0.717, 1.165) is 10.6 Å². The fourth-order valence-electron chi connectivity index (χ4n) is 3.07. The summed E-state index contributed by atoms with van der Waals surface area (Å²) in [6.07, 6.45) is 0.636. The van der Waals surface area contributed by atoms with Crippen molar-refractivity contribution < 1.29 is 23.9 Å². The van der Waals surface area contributed by atoms with Crippen LogP contribution in [0.4, 0.5) is 0 Å². The summed E-state index contributed by atoms with van der Waals surface area (Å²) >= 11 is 1.22. The number of carbonyl (C=O) groups is 4. The number of primary amides is 1. The Bertz CT molecular complexity index is 781. The van der Waals surface area contributed by atoms with Gasteiger partial charge in [-0.05, 0) is 7.05 Å². The van der Waals surface area contributed by atoms with Gasteiger partial charge in [0.1, 0.15) is 6.04 Å². The van der Waals surface area contributed by atoms with Gasteiger partial charge in [-0.25, -0.2) is 4.98 Å².